The molecule has 0 aromatic carbocycles. The van der Waals surface area contributed by atoms with Crippen LogP contribution in [0.15, 0.2) is 80.3 Å². The Morgan fingerprint density at radius 3 is 2.88 bits per heavy atom. The number of hydrogen-bond acceptors (Lipinski definition) is 6. The third-order valence-corrected chi connectivity index (χ3v) is 5.45. The van der Waals surface area contributed by atoms with E-state index in [0.29, 0.717) is 6.54 Å². The van der Waals surface area contributed by atoms with Gasteiger partial charge in [-0.25, -0.2) is 4.68 Å². The SMILES string of the molecule is C/C(=N\n1c(-c2cccs2)csc1=NCc1cccnc1)c1ccco1. The summed E-state index contributed by atoms with van der Waals surface area (Å²) in [5.74, 6) is 0.749. The molecule has 4 rings (SSSR count). The van der Waals surface area contributed by atoms with Gasteiger partial charge in [0.05, 0.1) is 23.4 Å². The van der Waals surface area contributed by atoms with Crippen molar-refractivity contribution in [1.29, 1.82) is 0 Å². The van der Waals surface area contributed by atoms with E-state index in [-0.39, 0.29) is 0 Å². The number of hydrogen-bond donors (Lipinski definition) is 0. The van der Waals surface area contributed by atoms with Crippen LogP contribution in [0, 0.1) is 0 Å². The summed E-state index contributed by atoms with van der Waals surface area (Å²) < 4.78 is 7.36. The van der Waals surface area contributed by atoms with Crippen molar-refractivity contribution in [1.82, 2.24) is 9.66 Å². The molecule has 26 heavy (non-hydrogen) atoms. The van der Waals surface area contributed by atoms with E-state index >= 15 is 0 Å². The van der Waals surface area contributed by atoms with Crippen molar-refractivity contribution in [3.8, 4) is 10.6 Å². The highest BCUT2D eigenvalue weighted by Crippen LogP contribution is 2.25. The maximum atomic E-state index is 5.47. The van der Waals surface area contributed by atoms with Gasteiger partial charge in [0.1, 0.15) is 11.5 Å². The monoisotopic (exact) mass is 380 g/mol. The largest absolute Gasteiger partial charge is 0.463 e. The molecule has 0 saturated carbocycles. The van der Waals surface area contributed by atoms with Crippen molar-refractivity contribution in [2.75, 3.05) is 0 Å². The van der Waals surface area contributed by atoms with Crippen molar-refractivity contribution in [2.45, 2.75) is 13.5 Å². The first-order valence-corrected chi connectivity index (χ1v) is 9.80. The van der Waals surface area contributed by atoms with E-state index in [1.807, 2.05) is 48.1 Å². The van der Waals surface area contributed by atoms with E-state index < -0.39 is 0 Å². The molecule has 4 aromatic rings. The standard InChI is InChI=1S/C19H16N4OS2/c1-14(17-6-3-9-24-17)22-23-16(18-7-4-10-25-18)13-26-19(23)21-12-15-5-2-8-20-11-15/h2-11,13H,12H2,1H3/b21-19?,22-14+. The molecule has 4 aromatic heterocycles. The molecule has 7 heteroatoms. The van der Waals surface area contributed by atoms with Crippen molar-refractivity contribution in [3.05, 3.63) is 81.9 Å². The second-order valence-electron chi connectivity index (χ2n) is 5.53. The summed E-state index contributed by atoms with van der Waals surface area (Å²) in [6.45, 7) is 2.50. The van der Waals surface area contributed by atoms with Gasteiger partial charge in [-0.15, -0.1) is 22.7 Å². The van der Waals surface area contributed by atoms with Gasteiger partial charge in [0.2, 0.25) is 4.80 Å². The van der Waals surface area contributed by atoms with Crippen LogP contribution in [0.3, 0.4) is 0 Å². The molecule has 0 unspecified atom stereocenters. The third kappa shape index (κ3) is 3.58. The first-order valence-electron chi connectivity index (χ1n) is 8.04. The molecule has 0 N–H and O–H groups in total. The highest BCUT2D eigenvalue weighted by atomic mass is 32.1. The van der Waals surface area contributed by atoms with E-state index in [1.165, 1.54) is 0 Å². The minimum atomic E-state index is 0.563. The van der Waals surface area contributed by atoms with E-state index in [4.69, 9.17) is 14.5 Å². The fourth-order valence-electron chi connectivity index (χ4n) is 2.43. The average molecular weight is 380 g/mol. The molecule has 0 spiro atoms. The van der Waals surface area contributed by atoms with Crippen LogP contribution in [-0.4, -0.2) is 15.4 Å². The minimum absolute atomic E-state index is 0.563. The van der Waals surface area contributed by atoms with Crippen molar-refractivity contribution < 1.29 is 4.42 Å². The fourth-order valence-corrected chi connectivity index (χ4v) is 4.06. The van der Waals surface area contributed by atoms with Crippen molar-refractivity contribution in [3.63, 3.8) is 0 Å². The highest BCUT2D eigenvalue weighted by molar-refractivity contribution is 7.14. The molecule has 0 atom stereocenters. The lowest BCUT2D eigenvalue weighted by molar-refractivity contribution is 0.556. The Balaban J connectivity index is 1.78. The Bertz CT molecular complexity index is 1060. The van der Waals surface area contributed by atoms with Gasteiger partial charge in [-0.05, 0) is 42.1 Å². The van der Waals surface area contributed by atoms with Gasteiger partial charge in [0.15, 0.2) is 0 Å². The Morgan fingerprint density at radius 2 is 2.15 bits per heavy atom. The van der Waals surface area contributed by atoms with Crippen LogP contribution < -0.4 is 4.80 Å². The maximum absolute atomic E-state index is 5.47. The predicted molar refractivity (Wildman–Crippen MR) is 105 cm³/mol. The molecule has 0 aliphatic heterocycles. The quantitative estimate of drug-likeness (QED) is 0.474. The van der Waals surface area contributed by atoms with E-state index in [2.05, 4.69) is 21.8 Å². The van der Waals surface area contributed by atoms with Gasteiger partial charge in [0, 0.05) is 17.8 Å². The normalized spacial score (nSPS) is 12.7. The molecule has 0 aliphatic carbocycles. The smallest absolute Gasteiger partial charge is 0.206 e. The van der Waals surface area contributed by atoms with Gasteiger partial charge in [-0.1, -0.05) is 12.1 Å². The summed E-state index contributed by atoms with van der Waals surface area (Å²) in [7, 11) is 0. The summed E-state index contributed by atoms with van der Waals surface area (Å²) in [5, 5.41) is 8.93. The van der Waals surface area contributed by atoms with Crippen molar-refractivity contribution >= 4 is 28.4 Å². The van der Waals surface area contributed by atoms with E-state index in [1.54, 1.807) is 35.1 Å². The van der Waals surface area contributed by atoms with Crippen LogP contribution in [0.4, 0.5) is 0 Å². The van der Waals surface area contributed by atoms with Gasteiger partial charge in [-0.2, -0.15) is 5.10 Å². The third-order valence-electron chi connectivity index (χ3n) is 3.71. The molecular formula is C19H16N4OS2. The van der Waals surface area contributed by atoms with Gasteiger partial charge >= 0.3 is 0 Å². The number of pyridine rings is 1. The lowest BCUT2D eigenvalue weighted by Crippen LogP contribution is -2.14. The zero-order chi connectivity index (χ0) is 17.8. The lowest BCUT2D eigenvalue weighted by Gasteiger charge is -2.03. The predicted octanol–water partition coefficient (Wildman–Crippen LogP) is 4.64. The average Bonchev–Trinajstić information content (AvgIpc) is 3.42. The number of rotatable bonds is 5. The Hall–Kier alpha value is -2.77. The molecule has 0 fully saturated rings. The summed E-state index contributed by atoms with van der Waals surface area (Å²) in [4.78, 5) is 10.9. The van der Waals surface area contributed by atoms with Crippen LogP contribution in [0.5, 0.6) is 0 Å². The summed E-state index contributed by atoms with van der Waals surface area (Å²) >= 11 is 3.26. The van der Waals surface area contributed by atoms with Gasteiger partial charge in [-0.3, -0.25) is 9.98 Å². The fraction of sp³-hybridized carbons (Fsp3) is 0.105. The molecule has 5 nitrogen and oxygen atoms in total. The molecule has 130 valence electrons. The molecule has 0 amide bonds. The van der Waals surface area contributed by atoms with Crippen LogP contribution in [0.1, 0.15) is 18.2 Å². The van der Waals surface area contributed by atoms with Crippen molar-refractivity contribution in [2.24, 2.45) is 10.1 Å². The minimum Gasteiger partial charge on any atom is -0.463 e. The molecule has 0 aliphatic rings. The second kappa shape index (κ2) is 7.63. The summed E-state index contributed by atoms with van der Waals surface area (Å²) in [5.41, 5.74) is 2.90. The number of aromatic nitrogens is 2. The zero-order valence-corrected chi connectivity index (χ0v) is 15.7. The van der Waals surface area contributed by atoms with Gasteiger partial charge < -0.3 is 4.42 Å². The highest BCUT2D eigenvalue weighted by Gasteiger charge is 2.10. The topological polar surface area (TPSA) is 55.7 Å². The van der Waals surface area contributed by atoms with Crippen LogP contribution >= 0.6 is 22.7 Å². The van der Waals surface area contributed by atoms with E-state index in [9.17, 15) is 0 Å². The summed E-state index contributed by atoms with van der Waals surface area (Å²) in [6, 6.07) is 11.8. The van der Waals surface area contributed by atoms with Crippen LogP contribution in [-0.2, 0) is 6.54 Å². The van der Waals surface area contributed by atoms with Gasteiger partial charge in [0.25, 0.3) is 0 Å². The number of furan rings is 1. The zero-order valence-electron chi connectivity index (χ0n) is 14.1. The molecule has 0 radical (unpaired) electrons. The Labute approximate surface area is 158 Å². The van der Waals surface area contributed by atoms with Crippen LogP contribution in [0.2, 0.25) is 0 Å². The molecular weight excluding hydrogens is 364 g/mol. The Morgan fingerprint density at radius 1 is 1.19 bits per heavy atom. The number of thiophene rings is 1. The lowest BCUT2D eigenvalue weighted by atomic mass is 10.3. The summed E-state index contributed by atoms with van der Waals surface area (Å²) in [6.07, 6.45) is 5.25. The van der Waals surface area contributed by atoms with Crippen LogP contribution in [0.25, 0.3) is 10.6 Å². The molecule has 0 saturated heterocycles. The molecule has 4 heterocycles. The first kappa shape index (κ1) is 16.7. The Kier molecular flexibility index (Phi) is 4.90. The molecule has 0 bridgehead atoms. The maximum Gasteiger partial charge on any atom is 0.206 e. The second-order valence-corrected chi connectivity index (χ2v) is 7.32. The van der Waals surface area contributed by atoms with E-state index in [0.717, 1.165) is 32.4 Å². The number of nitrogens with zero attached hydrogens (tertiary/aromatic N) is 4. The number of thiazole rings is 1. The first-order chi connectivity index (χ1) is 12.8.